The molecule has 1 aromatic carbocycles. The van der Waals surface area contributed by atoms with E-state index in [1.807, 2.05) is 0 Å². The van der Waals surface area contributed by atoms with Crippen LogP contribution in [0.4, 0.5) is 36.3 Å². The number of ether oxygens (including phenoxy) is 1. The Balaban J connectivity index is 1.39. The second-order valence-electron chi connectivity index (χ2n) is 10.1. The molecule has 4 heterocycles. The SMILES string of the molecule is Cn1c(=O)c2c(c3cc(Nc4nc(N5C[C@H](F)C[C@H]5CO)ncc4Cl)ccc31)N[C@@H](C1CC1)C(F)(F)CO2. The molecule has 202 valence electrons. The van der Waals surface area contributed by atoms with Gasteiger partial charge in [0.15, 0.2) is 12.4 Å². The van der Waals surface area contributed by atoms with Crippen molar-refractivity contribution in [2.75, 3.05) is 35.3 Å². The number of aryl methyl sites for hydroxylation is 1. The van der Waals surface area contributed by atoms with Crippen LogP contribution in [0.15, 0.2) is 29.2 Å². The van der Waals surface area contributed by atoms with Gasteiger partial charge in [0.05, 0.1) is 42.6 Å². The number of hydrogen-bond donors (Lipinski definition) is 3. The summed E-state index contributed by atoms with van der Waals surface area (Å²) in [5, 5.41) is 16.4. The van der Waals surface area contributed by atoms with E-state index in [0.717, 1.165) is 0 Å². The molecule has 3 aliphatic rings. The number of pyridine rings is 1. The van der Waals surface area contributed by atoms with Crippen LogP contribution in [0, 0.1) is 5.92 Å². The Morgan fingerprint density at radius 1 is 1.34 bits per heavy atom. The molecule has 0 spiro atoms. The van der Waals surface area contributed by atoms with Gasteiger partial charge in [0.25, 0.3) is 5.56 Å². The number of hydrogen-bond acceptors (Lipinski definition) is 8. The molecule has 1 saturated heterocycles. The van der Waals surface area contributed by atoms with Crippen molar-refractivity contribution in [1.82, 2.24) is 14.5 Å². The molecular formula is C25H26ClF3N6O3. The Kier molecular flexibility index (Phi) is 6.06. The van der Waals surface area contributed by atoms with Crippen LogP contribution in [0.5, 0.6) is 5.75 Å². The average molecular weight is 551 g/mol. The van der Waals surface area contributed by atoms with Gasteiger partial charge in [0.2, 0.25) is 11.7 Å². The zero-order chi connectivity index (χ0) is 26.8. The summed E-state index contributed by atoms with van der Waals surface area (Å²) >= 11 is 6.35. The molecule has 13 heteroatoms. The molecule has 2 aliphatic heterocycles. The van der Waals surface area contributed by atoms with Crippen molar-refractivity contribution in [3.63, 3.8) is 0 Å². The van der Waals surface area contributed by atoms with Gasteiger partial charge in [0, 0.05) is 24.5 Å². The van der Waals surface area contributed by atoms with Gasteiger partial charge < -0.3 is 29.9 Å². The molecule has 9 nitrogen and oxygen atoms in total. The first-order chi connectivity index (χ1) is 18.2. The highest BCUT2D eigenvalue weighted by atomic mass is 35.5. The van der Waals surface area contributed by atoms with E-state index in [4.69, 9.17) is 16.3 Å². The van der Waals surface area contributed by atoms with Crippen LogP contribution in [-0.2, 0) is 7.05 Å². The zero-order valence-electron chi connectivity index (χ0n) is 20.4. The Morgan fingerprint density at radius 2 is 2.13 bits per heavy atom. The van der Waals surface area contributed by atoms with Crippen molar-refractivity contribution in [1.29, 1.82) is 0 Å². The normalized spacial score (nSPS) is 24.5. The molecular weight excluding hydrogens is 525 g/mol. The molecule has 2 fully saturated rings. The number of aliphatic hydroxyl groups is 1. The molecule has 3 N–H and O–H groups in total. The van der Waals surface area contributed by atoms with Gasteiger partial charge in [-0.05, 0) is 37.0 Å². The molecule has 0 bridgehead atoms. The number of benzene rings is 1. The molecule has 2 aromatic heterocycles. The second-order valence-corrected chi connectivity index (χ2v) is 10.5. The monoisotopic (exact) mass is 550 g/mol. The third-order valence-electron chi connectivity index (χ3n) is 7.44. The second kappa shape index (κ2) is 9.19. The molecule has 1 saturated carbocycles. The molecule has 6 rings (SSSR count). The van der Waals surface area contributed by atoms with E-state index in [0.29, 0.717) is 29.4 Å². The van der Waals surface area contributed by atoms with Gasteiger partial charge in [-0.2, -0.15) is 4.98 Å². The highest BCUT2D eigenvalue weighted by Crippen LogP contribution is 2.45. The van der Waals surface area contributed by atoms with E-state index in [-0.39, 0.29) is 53.7 Å². The molecule has 3 atom stereocenters. The van der Waals surface area contributed by atoms with Gasteiger partial charge >= 0.3 is 5.92 Å². The van der Waals surface area contributed by atoms with E-state index >= 15 is 0 Å². The number of halogens is 4. The molecule has 38 heavy (non-hydrogen) atoms. The zero-order valence-corrected chi connectivity index (χ0v) is 21.2. The lowest BCUT2D eigenvalue weighted by Crippen LogP contribution is -2.44. The van der Waals surface area contributed by atoms with E-state index in [2.05, 4.69) is 20.6 Å². The third-order valence-corrected chi connectivity index (χ3v) is 7.71. The van der Waals surface area contributed by atoms with Gasteiger partial charge in [0.1, 0.15) is 11.2 Å². The van der Waals surface area contributed by atoms with Crippen molar-refractivity contribution in [3.05, 3.63) is 39.8 Å². The topological polar surface area (TPSA) is 105 Å². The molecule has 0 amide bonds. The van der Waals surface area contributed by atoms with Crippen molar-refractivity contribution >= 4 is 45.6 Å². The van der Waals surface area contributed by atoms with Crippen molar-refractivity contribution in [3.8, 4) is 5.75 Å². The lowest BCUT2D eigenvalue weighted by Gasteiger charge is -2.25. The lowest BCUT2D eigenvalue weighted by atomic mass is 10.0. The van der Waals surface area contributed by atoms with Crippen LogP contribution >= 0.6 is 11.6 Å². The summed E-state index contributed by atoms with van der Waals surface area (Å²) < 4.78 is 50.5. The Morgan fingerprint density at radius 3 is 2.87 bits per heavy atom. The number of nitrogens with zero attached hydrogens (tertiary/aromatic N) is 4. The Labute approximate surface area is 220 Å². The number of alkyl halides is 3. The standard InChI is InChI=1S/C25H26ClF3N6O3/c1-34-18-5-4-14(31-22-17(26)8-30-24(33-22)35-9-13(27)6-15(35)10-36)7-16(18)19-20(23(34)37)38-11-25(28,29)21(32-19)12-2-3-12/h4-5,7-8,12-13,15,21,32,36H,2-3,6,9-11H2,1H3,(H,30,31,33)/t13-,15+,21+/m1/s1. The predicted molar refractivity (Wildman–Crippen MR) is 138 cm³/mol. The van der Waals surface area contributed by atoms with Crippen molar-refractivity contribution in [2.24, 2.45) is 13.0 Å². The summed E-state index contributed by atoms with van der Waals surface area (Å²) in [6.45, 7) is -1.06. The summed E-state index contributed by atoms with van der Waals surface area (Å²) in [6, 6.07) is 3.52. The van der Waals surface area contributed by atoms with E-state index < -0.39 is 36.3 Å². The van der Waals surface area contributed by atoms with Gasteiger partial charge in [-0.1, -0.05) is 11.6 Å². The minimum Gasteiger partial charge on any atom is -0.480 e. The first kappa shape index (κ1) is 25.1. The van der Waals surface area contributed by atoms with Crippen LogP contribution in [0.25, 0.3) is 10.9 Å². The van der Waals surface area contributed by atoms with Crippen molar-refractivity contribution in [2.45, 2.75) is 43.4 Å². The maximum absolute atomic E-state index is 14.9. The molecule has 1 aliphatic carbocycles. The first-order valence-corrected chi connectivity index (χ1v) is 12.8. The number of aliphatic hydroxyl groups excluding tert-OH is 1. The van der Waals surface area contributed by atoms with Crippen LogP contribution in [0.1, 0.15) is 19.3 Å². The fraction of sp³-hybridized carbons (Fsp3) is 0.480. The maximum atomic E-state index is 14.9. The first-order valence-electron chi connectivity index (χ1n) is 12.4. The quantitative estimate of drug-likeness (QED) is 0.440. The maximum Gasteiger partial charge on any atom is 0.301 e. The van der Waals surface area contributed by atoms with Crippen LogP contribution in [0.3, 0.4) is 0 Å². The Bertz CT molecular complexity index is 1470. The molecule has 0 radical (unpaired) electrons. The van der Waals surface area contributed by atoms with Crippen LogP contribution < -0.4 is 25.8 Å². The summed E-state index contributed by atoms with van der Waals surface area (Å²) in [5.74, 6) is -3.02. The van der Waals surface area contributed by atoms with Gasteiger partial charge in [-0.3, -0.25) is 4.79 Å². The molecule has 3 aromatic rings. The fourth-order valence-electron chi connectivity index (χ4n) is 5.28. The number of anilines is 4. The summed E-state index contributed by atoms with van der Waals surface area (Å²) in [5.41, 5.74) is 0.773. The summed E-state index contributed by atoms with van der Waals surface area (Å²) in [6.07, 6.45) is 1.83. The van der Waals surface area contributed by atoms with E-state index in [1.165, 1.54) is 10.8 Å². The number of aromatic nitrogens is 3. The third kappa shape index (κ3) is 4.29. The fourth-order valence-corrected chi connectivity index (χ4v) is 5.42. The van der Waals surface area contributed by atoms with Crippen molar-refractivity contribution < 1.29 is 23.0 Å². The van der Waals surface area contributed by atoms with Crippen LogP contribution in [0.2, 0.25) is 5.02 Å². The number of nitrogens with one attached hydrogen (secondary N) is 2. The smallest absolute Gasteiger partial charge is 0.301 e. The highest BCUT2D eigenvalue weighted by molar-refractivity contribution is 6.33. The minimum atomic E-state index is -3.14. The Hall–Kier alpha value is -3.25. The minimum absolute atomic E-state index is 0.0565. The van der Waals surface area contributed by atoms with E-state index in [1.54, 1.807) is 30.1 Å². The predicted octanol–water partition coefficient (Wildman–Crippen LogP) is 3.85. The van der Waals surface area contributed by atoms with Gasteiger partial charge in [-0.25, -0.2) is 18.2 Å². The summed E-state index contributed by atoms with van der Waals surface area (Å²) in [7, 11) is 1.56. The largest absolute Gasteiger partial charge is 0.480 e. The van der Waals surface area contributed by atoms with E-state index in [9.17, 15) is 23.1 Å². The number of fused-ring (bicyclic) bond motifs is 3. The molecule has 0 unspecified atom stereocenters. The highest BCUT2D eigenvalue weighted by Gasteiger charge is 2.51. The van der Waals surface area contributed by atoms with Gasteiger partial charge in [-0.15, -0.1) is 0 Å². The number of rotatable bonds is 5. The van der Waals surface area contributed by atoms with Crippen LogP contribution in [-0.4, -0.2) is 63.6 Å². The summed E-state index contributed by atoms with van der Waals surface area (Å²) in [4.78, 5) is 23.3. The average Bonchev–Trinajstić information content (AvgIpc) is 3.67. The lowest BCUT2D eigenvalue weighted by molar-refractivity contribution is -0.0579.